The van der Waals surface area contributed by atoms with Crippen molar-refractivity contribution in [2.45, 2.75) is 33.7 Å². The van der Waals surface area contributed by atoms with Crippen LogP contribution in [0.1, 0.15) is 29.6 Å². The first-order valence-electron chi connectivity index (χ1n) is 9.47. The van der Waals surface area contributed by atoms with Crippen molar-refractivity contribution in [3.05, 3.63) is 56.6 Å². The molecule has 0 aromatic carbocycles. The lowest BCUT2D eigenvalue weighted by molar-refractivity contribution is -0.119. The number of carbonyl (C=O) groups is 2. The zero-order valence-corrected chi connectivity index (χ0v) is 17.9. The highest BCUT2D eigenvalue weighted by Gasteiger charge is 2.16. The predicted octanol–water partition coefficient (Wildman–Crippen LogP) is 2.17. The van der Waals surface area contributed by atoms with Crippen molar-refractivity contribution in [1.29, 1.82) is 0 Å². The average Bonchev–Trinajstić information content (AvgIpc) is 3.43. The molecule has 0 saturated carbocycles. The Balaban J connectivity index is 1.46. The van der Waals surface area contributed by atoms with Gasteiger partial charge >= 0.3 is 0 Å². The summed E-state index contributed by atoms with van der Waals surface area (Å²) in [4.78, 5) is 44.0. The lowest BCUT2D eigenvalue weighted by atomic mass is 10.1. The molecule has 10 nitrogen and oxygen atoms in total. The molecule has 0 aliphatic carbocycles. The number of aryl methyl sites for hydroxylation is 2. The molecule has 0 atom stereocenters. The van der Waals surface area contributed by atoms with Crippen molar-refractivity contribution in [1.82, 2.24) is 24.9 Å². The van der Waals surface area contributed by atoms with E-state index in [2.05, 4.69) is 25.7 Å². The maximum Gasteiger partial charge on any atom is 0.266 e. The molecule has 0 bridgehead atoms. The fourth-order valence-electron chi connectivity index (χ4n) is 3.20. The second kappa shape index (κ2) is 8.19. The number of aromatic nitrogens is 4. The van der Waals surface area contributed by atoms with E-state index in [4.69, 9.17) is 4.42 Å². The molecular formula is C20H20N6O4S. The summed E-state index contributed by atoms with van der Waals surface area (Å²) >= 11 is 1.28. The minimum absolute atomic E-state index is 0.0946. The molecular weight excluding hydrogens is 420 g/mol. The van der Waals surface area contributed by atoms with Crippen LogP contribution in [-0.2, 0) is 22.6 Å². The molecule has 0 aliphatic heterocycles. The minimum Gasteiger partial charge on any atom is -0.458 e. The number of aromatic amines is 1. The van der Waals surface area contributed by atoms with E-state index in [1.165, 1.54) is 24.3 Å². The molecule has 4 aromatic heterocycles. The first-order valence-corrected chi connectivity index (χ1v) is 10.3. The number of fused-ring (bicyclic) bond motifs is 1. The number of rotatable bonds is 6. The molecule has 0 unspecified atom stereocenters. The molecule has 11 heteroatoms. The highest BCUT2D eigenvalue weighted by atomic mass is 32.1. The molecule has 2 amide bonds. The van der Waals surface area contributed by atoms with Crippen molar-refractivity contribution >= 4 is 33.9 Å². The van der Waals surface area contributed by atoms with Crippen molar-refractivity contribution in [2.24, 2.45) is 0 Å². The lowest BCUT2D eigenvalue weighted by Gasteiger charge is -2.11. The van der Waals surface area contributed by atoms with Gasteiger partial charge in [0.05, 0.1) is 13.0 Å². The number of hydrogen-bond acceptors (Lipinski definition) is 7. The molecule has 0 spiro atoms. The van der Waals surface area contributed by atoms with Gasteiger partial charge in [-0.3, -0.25) is 19.5 Å². The molecule has 160 valence electrons. The lowest BCUT2D eigenvalue weighted by Crippen LogP contribution is -2.18. The van der Waals surface area contributed by atoms with E-state index in [-0.39, 0.29) is 23.8 Å². The molecule has 31 heavy (non-hydrogen) atoms. The molecule has 4 aromatic rings. The third-order valence-corrected chi connectivity index (χ3v) is 5.47. The standard InChI is InChI=1S/C20H20N6O4S/c1-10-14(11(2)26-17(22-10)7-19(29)25-26)6-18(28)24-20-23-15(9-31-20)16-5-4-13(30-16)8-21-12(3)27/h4-5,7,9H,6,8H2,1-3H3,(H,21,27)(H,25,29)(H,23,24,28). The fourth-order valence-corrected chi connectivity index (χ4v) is 3.92. The van der Waals surface area contributed by atoms with Crippen LogP contribution >= 0.6 is 11.3 Å². The fraction of sp³-hybridized carbons (Fsp3) is 0.250. The van der Waals surface area contributed by atoms with E-state index < -0.39 is 0 Å². The monoisotopic (exact) mass is 440 g/mol. The Kier molecular flexibility index (Phi) is 5.42. The number of H-pyrrole nitrogens is 1. The Hall–Kier alpha value is -3.73. The summed E-state index contributed by atoms with van der Waals surface area (Å²) in [6.07, 6.45) is 0.0946. The Bertz CT molecular complexity index is 1350. The Labute approximate surface area is 180 Å². The number of amides is 2. The van der Waals surface area contributed by atoms with Crippen LogP contribution in [0.15, 0.2) is 32.8 Å². The molecule has 0 saturated heterocycles. The van der Waals surface area contributed by atoms with Crippen molar-refractivity contribution < 1.29 is 14.0 Å². The summed E-state index contributed by atoms with van der Waals surface area (Å²) in [5.41, 5.74) is 3.04. The quantitative estimate of drug-likeness (QED) is 0.421. The van der Waals surface area contributed by atoms with Crippen LogP contribution in [0.5, 0.6) is 0 Å². The largest absolute Gasteiger partial charge is 0.458 e. The Morgan fingerprint density at radius 1 is 1.26 bits per heavy atom. The molecule has 0 fully saturated rings. The minimum atomic E-state index is -0.245. The molecule has 3 N–H and O–H groups in total. The Morgan fingerprint density at radius 3 is 2.84 bits per heavy atom. The van der Waals surface area contributed by atoms with E-state index in [0.717, 1.165) is 11.3 Å². The van der Waals surface area contributed by atoms with Gasteiger partial charge in [-0.15, -0.1) is 11.3 Å². The summed E-state index contributed by atoms with van der Waals surface area (Å²) in [6, 6.07) is 4.95. The summed E-state index contributed by atoms with van der Waals surface area (Å²) in [5, 5.41) is 10.4. The van der Waals surface area contributed by atoms with E-state index in [1.807, 2.05) is 13.8 Å². The van der Waals surface area contributed by atoms with Crippen LogP contribution in [0.3, 0.4) is 0 Å². The van der Waals surface area contributed by atoms with Crippen LogP contribution in [0.4, 0.5) is 5.13 Å². The number of furan rings is 1. The summed E-state index contributed by atoms with van der Waals surface area (Å²) in [5.74, 6) is 0.781. The first-order chi connectivity index (χ1) is 14.8. The SMILES string of the molecule is CC(=O)NCc1ccc(-c2csc(NC(=O)Cc3c(C)nc4cc(=O)[nH]n4c3C)n2)o1. The van der Waals surface area contributed by atoms with Crippen LogP contribution < -0.4 is 16.2 Å². The van der Waals surface area contributed by atoms with Gasteiger partial charge in [-0.1, -0.05) is 0 Å². The first kappa shape index (κ1) is 20.5. The zero-order chi connectivity index (χ0) is 22.1. The summed E-state index contributed by atoms with van der Waals surface area (Å²) < 4.78 is 7.26. The van der Waals surface area contributed by atoms with Gasteiger partial charge < -0.3 is 15.1 Å². The average molecular weight is 440 g/mol. The number of nitrogens with zero attached hydrogens (tertiary/aromatic N) is 3. The highest BCUT2D eigenvalue weighted by Crippen LogP contribution is 2.27. The summed E-state index contributed by atoms with van der Waals surface area (Å²) in [6.45, 7) is 5.38. The van der Waals surface area contributed by atoms with Crippen LogP contribution in [0, 0.1) is 13.8 Å². The van der Waals surface area contributed by atoms with Crippen LogP contribution in [0.2, 0.25) is 0 Å². The highest BCUT2D eigenvalue weighted by molar-refractivity contribution is 7.14. The number of carbonyl (C=O) groups excluding carboxylic acids is 2. The normalized spacial score (nSPS) is 11.1. The topological polar surface area (TPSA) is 134 Å². The number of hydrogen-bond donors (Lipinski definition) is 3. The van der Waals surface area contributed by atoms with Crippen molar-refractivity contribution in [3.63, 3.8) is 0 Å². The second-order valence-electron chi connectivity index (χ2n) is 7.01. The molecule has 4 rings (SSSR count). The van der Waals surface area contributed by atoms with Gasteiger partial charge in [-0.25, -0.2) is 14.5 Å². The number of thiazole rings is 1. The second-order valence-corrected chi connectivity index (χ2v) is 7.87. The van der Waals surface area contributed by atoms with Crippen molar-refractivity contribution in [3.8, 4) is 11.5 Å². The third-order valence-electron chi connectivity index (χ3n) is 4.72. The van der Waals surface area contributed by atoms with E-state index in [1.54, 1.807) is 22.0 Å². The van der Waals surface area contributed by atoms with Gasteiger partial charge in [0.1, 0.15) is 11.5 Å². The van der Waals surface area contributed by atoms with Gasteiger partial charge in [-0.2, -0.15) is 0 Å². The van der Waals surface area contributed by atoms with E-state index in [9.17, 15) is 14.4 Å². The van der Waals surface area contributed by atoms with Gasteiger partial charge in [0.25, 0.3) is 5.56 Å². The van der Waals surface area contributed by atoms with Crippen molar-refractivity contribution in [2.75, 3.05) is 5.32 Å². The smallest absolute Gasteiger partial charge is 0.266 e. The van der Waals surface area contributed by atoms with Gasteiger partial charge in [0.2, 0.25) is 11.8 Å². The van der Waals surface area contributed by atoms with Gasteiger partial charge in [0.15, 0.2) is 16.5 Å². The Morgan fingerprint density at radius 2 is 2.06 bits per heavy atom. The van der Waals surface area contributed by atoms with Gasteiger partial charge in [-0.05, 0) is 26.0 Å². The predicted molar refractivity (Wildman–Crippen MR) is 115 cm³/mol. The third kappa shape index (κ3) is 4.40. The summed E-state index contributed by atoms with van der Waals surface area (Å²) in [7, 11) is 0. The number of anilines is 1. The van der Waals surface area contributed by atoms with E-state index >= 15 is 0 Å². The van der Waals surface area contributed by atoms with E-state index in [0.29, 0.717) is 40.2 Å². The molecule has 4 heterocycles. The maximum absolute atomic E-state index is 12.6. The molecule has 0 aliphatic rings. The zero-order valence-electron chi connectivity index (χ0n) is 17.1. The number of nitrogens with one attached hydrogen (secondary N) is 3. The maximum atomic E-state index is 12.6. The molecule has 0 radical (unpaired) electrons. The van der Waals surface area contributed by atoms with Gasteiger partial charge in [0, 0.05) is 35.3 Å². The van der Waals surface area contributed by atoms with Crippen LogP contribution in [-0.4, -0.2) is 31.4 Å². The van der Waals surface area contributed by atoms with Crippen LogP contribution in [0.25, 0.3) is 17.1 Å².